The number of benzene rings is 2. The van der Waals surface area contributed by atoms with Crippen molar-refractivity contribution in [2.24, 2.45) is 5.92 Å². The Morgan fingerprint density at radius 3 is 2.47 bits per heavy atom. The number of aryl methyl sites for hydroxylation is 1. The standard InChI is InChI=1S/C23H24F2N2O4S/c1-14(15-4-8-19(9-5-15)26-22(28)16-2-3-16)27-32(29,30)21-11-7-17-12-20(31-23(24)25)10-6-18(17)13-21/h4-6,8-10,12-14,16,23,27H,2-3,7,11H2,1H3,(H,26,28). The first-order valence-corrected chi connectivity index (χ1v) is 11.9. The van der Waals surface area contributed by atoms with Gasteiger partial charge in [0.25, 0.3) is 0 Å². The molecule has 2 aromatic carbocycles. The monoisotopic (exact) mass is 462 g/mol. The Labute approximate surface area is 185 Å². The average molecular weight is 463 g/mol. The van der Waals surface area contributed by atoms with E-state index in [2.05, 4.69) is 14.8 Å². The van der Waals surface area contributed by atoms with E-state index in [1.54, 1.807) is 43.3 Å². The van der Waals surface area contributed by atoms with Gasteiger partial charge in [-0.25, -0.2) is 13.1 Å². The first kappa shape index (κ1) is 22.4. The molecule has 2 aliphatic rings. The molecule has 0 heterocycles. The van der Waals surface area contributed by atoms with Crippen LogP contribution >= 0.6 is 0 Å². The molecule has 1 fully saturated rings. The molecule has 0 aliphatic heterocycles. The van der Waals surface area contributed by atoms with Crippen molar-refractivity contribution in [1.82, 2.24) is 4.72 Å². The van der Waals surface area contributed by atoms with Crippen LogP contribution in [0.25, 0.3) is 6.08 Å². The number of amides is 1. The number of carbonyl (C=O) groups excluding carboxylic acids is 1. The van der Waals surface area contributed by atoms with Gasteiger partial charge < -0.3 is 10.1 Å². The topological polar surface area (TPSA) is 84.5 Å². The first-order chi connectivity index (χ1) is 15.2. The minimum absolute atomic E-state index is 0.0175. The molecule has 32 heavy (non-hydrogen) atoms. The van der Waals surface area contributed by atoms with Crippen LogP contribution in [0.5, 0.6) is 5.75 Å². The highest BCUT2D eigenvalue weighted by atomic mass is 32.2. The lowest BCUT2D eigenvalue weighted by molar-refractivity contribution is -0.117. The Balaban J connectivity index is 1.43. The first-order valence-electron chi connectivity index (χ1n) is 10.4. The van der Waals surface area contributed by atoms with Crippen molar-refractivity contribution >= 4 is 27.7 Å². The van der Waals surface area contributed by atoms with Gasteiger partial charge in [0.15, 0.2) is 0 Å². The van der Waals surface area contributed by atoms with Crippen LogP contribution < -0.4 is 14.8 Å². The van der Waals surface area contributed by atoms with Crippen molar-refractivity contribution in [1.29, 1.82) is 0 Å². The van der Waals surface area contributed by atoms with Gasteiger partial charge >= 0.3 is 6.61 Å². The van der Waals surface area contributed by atoms with Gasteiger partial charge in [-0.3, -0.25) is 4.79 Å². The van der Waals surface area contributed by atoms with Crippen molar-refractivity contribution in [3.63, 3.8) is 0 Å². The molecule has 0 bridgehead atoms. The highest BCUT2D eigenvalue weighted by Gasteiger charge is 2.29. The number of alkyl halides is 2. The van der Waals surface area contributed by atoms with Crippen molar-refractivity contribution < 1.29 is 26.7 Å². The Kier molecular flexibility index (Phi) is 6.30. The highest BCUT2D eigenvalue weighted by molar-refractivity contribution is 7.93. The molecule has 1 atom stereocenters. The molecular weight excluding hydrogens is 438 g/mol. The van der Waals surface area contributed by atoms with Gasteiger partial charge in [0.2, 0.25) is 15.9 Å². The van der Waals surface area contributed by atoms with Crippen molar-refractivity contribution in [2.45, 2.75) is 45.3 Å². The number of nitrogens with one attached hydrogen (secondary N) is 2. The third-order valence-electron chi connectivity index (χ3n) is 5.60. The molecule has 1 amide bonds. The predicted octanol–water partition coefficient (Wildman–Crippen LogP) is 4.60. The lowest BCUT2D eigenvalue weighted by Crippen LogP contribution is -2.29. The number of allylic oxidation sites excluding steroid dienone is 1. The molecule has 4 rings (SSSR count). The highest BCUT2D eigenvalue weighted by Crippen LogP contribution is 2.32. The smallest absolute Gasteiger partial charge is 0.387 e. The minimum Gasteiger partial charge on any atom is -0.435 e. The van der Waals surface area contributed by atoms with E-state index in [9.17, 15) is 22.0 Å². The molecule has 1 unspecified atom stereocenters. The summed E-state index contributed by atoms with van der Waals surface area (Å²) < 4.78 is 57.8. The van der Waals surface area contributed by atoms with Gasteiger partial charge in [0.1, 0.15) is 5.75 Å². The second kappa shape index (κ2) is 8.99. The zero-order valence-electron chi connectivity index (χ0n) is 17.5. The Morgan fingerprint density at radius 1 is 1.09 bits per heavy atom. The fourth-order valence-corrected chi connectivity index (χ4v) is 5.06. The fourth-order valence-electron chi connectivity index (χ4n) is 3.65. The summed E-state index contributed by atoms with van der Waals surface area (Å²) >= 11 is 0. The summed E-state index contributed by atoms with van der Waals surface area (Å²) in [6, 6.07) is 11.1. The normalized spacial score (nSPS) is 16.8. The lowest BCUT2D eigenvalue weighted by atomic mass is 9.97. The van der Waals surface area contributed by atoms with E-state index < -0.39 is 22.7 Å². The van der Waals surface area contributed by atoms with Gasteiger partial charge in [-0.15, -0.1) is 0 Å². The largest absolute Gasteiger partial charge is 0.435 e. The van der Waals surface area contributed by atoms with E-state index in [0.29, 0.717) is 17.7 Å². The minimum atomic E-state index is -3.74. The molecule has 0 saturated heterocycles. The molecular formula is C23H24F2N2O4S. The third kappa shape index (κ3) is 5.34. The van der Waals surface area contributed by atoms with Crippen molar-refractivity contribution in [2.75, 3.05) is 5.32 Å². The number of hydrogen-bond acceptors (Lipinski definition) is 4. The van der Waals surface area contributed by atoms with Crippen LogP contribution in [-0.4, -0.2) is 20.9 Å². The van der Waals surface area contributed by atoms with Crippen LogP contribution in [0.3, 0.4) is 0 Å². The molecule has 0 aromatic heterocycles. The summed E-state index contributed by atoms with van der Waals surface area (Å²) in [5.74, 6) is 0.184. The Bertz CT molecular complexity index is 1140. The number of sulfonamides is 1. The quantitative estimate of drug-likeness (QED) is 0.600. The van der Waals surface area contributed by atoms with Crippen LogP contribution in [0.4, 0.5) is 14.5 Å². The summed E-state index contributed by atoms with van der Waals surface area (Å²) in [6.07, 6.45) is 4.09. The second-order valence-corrected chi connectivity index (χ2v) is 9.85. The molecule has 2 N–H and O–H groups in total. The van der Waals surface area contributed by atoms with Gasteiger partial charge in [0.05, 0.1) is 4.91 Å². The van der Waals surface area contributed by atoms with E-state index in [0.717, 1.165) is 24.0 Å². The molecule has 1 saturated carbocycles. The number of halogens is 2. The predicted molar refractivity (Wildman–Crippen MR) is 118 cm³/mol. The molecule has 170 valence electrons. The fraction of sp³-hybridized carbons (Fsp3) is 0.348. The van der Waals surface area contributed by atoms with E-state index >= 15 is 0 Å². The number of ether oxygens (including phenoxy) is 1. The van der Waals surface area contributed by atoms with Crippen LogP contribution in [0, 0.1) is 5.92 Å². The molecule has 0 spiro atoms. The number of fused-ring (bicyclic) bond motifs is 1. The molecule has 2 aromatic rings. The number of hydrogen-bond donors (Lipinski definition) is 2. The van der Waals surface area contributed by atoms with E-state index in [4.69, 9.17) is 0 Å². The van der Waals surface area contributed by atoms with Gasteiger partial charge in [0, 0.05) is 17.6 Å². The maximum absolute atomic E-state index is 12.9. The van der Waals surface area contributed by atoms with E-state index in [1.807, 2.05) is 0 Å². The second-order valence-electron chi connectivity index (χ2n) is 8.08. The lowest BCUT2D eigenvalue weighted by Gasteiger charge is -2.20. The Hall–Kier alpha value is -2.78. The van der Waals surface area contributed by atoms with E-state index in [-0.39, 0.29) is 28.9 Å². The molecule has 6 nitrogen and oxygen atoms in total. The third-order valence-corrected chi connectivity index (χ3v) is 7.28. The van der Waals surface area contributed by atoms with Crippen molar-refractivity contribution in [3.8, 4) is 5.75 Å². The summed E-state index contributed by atoms with van der Waals surface area (Å²) in [6.45, 7) is -1.15. The van der Waals surface area contributed by atoms with Crippen LogP contribution in [0.2, 0.25) is 0 Å². The number of carbonyl (C=O) groups is 1. The summed E-state index contributed by atoms with van der Waals surface area (Å²) in [5.41, 5.74) is 2.88. The maximum atomic E-state index is 12.9. The SMILES string of the molecule is CC(NS(=O)(=O)C1=Cc2ccc(OC(F)F)cc2CC1)c1ccc(NC(=O)C2CC2)cc1. The number of rotatable bonds is 8. The molecule has 2 aliphatic carbocycles. The van der Waals surface area contributed by atoms with Crippen LogP contribution in [0.15, 0.2) is 47.4 Å². The van der Waals surface area contributed by atoms with Gasteiger partial charge in [-0.2, -0.15) is 8.78 Å². The maximum Gasteiger partial charge on any atom is 0.387 e. The van der Waals surface area contributed by atoms with Crippen LogP contribution in [0.1, 0.15) is 48.9 Å². The van der Waals surface area contributed by atoms with Gasteiger partial charge in [-0.1, -0.05) is 18.2 Å². The number of anilines is 1. The molecule has 0 radical (unpaired) electrons. The zero-order valence-corrected chi connectivity index (χ0v) is 18.3. The van der Waals surface area contributed by atoms with E-state index in [1.165, 1.54) is 12.1 Å². The zero-order chi connectivity index (χ0) is 22.9. The Morgan fingerprint density at radius 2 is 1.81 bits per heavy atom. The average Bonchev–Trinajstić information content (AvgIpc) is 3.58. The summed E-state index contributed by atoms with van der Waals surface area (Å²) in [7, 11) is -3.74. The molecule has 9 heteroatoms. The summed E-state index contributed by atoms with van der Waals surface area (Å²) in [5, 5.41) is 2.86. The van der Waals surface area contributed by atoms with Gasteiger partial charge in [-0.05, 0) is 79.6 Å². The van der Waals surface area contributed by atoms with Crippen LogP contribution in [-0.2, 0) is 21.2 Å². The van der Waals surface area contributed by atoms with Crippen molar-refractivity contribution in [3.05, 3.63) is 64.1 Å². The summed E-state index contributed by atoms with van der Waals surface area (Å²) in [4.78, 5) is 12.1.